The van der Waals surface area contributed by atoms with Crippen LogP contribution in [0, 0.1) is 6.92 Å². The third-order valence-electron chi connectivity index (χ3n) is 4.38. The Morgan fingerprint density at radius 3 is 3.00 bits per heavy atom. The molecule has 6 nitrogen and oxygen atoms in total. The lowest BCUT2D eigenvalue weighted by molar-refractivity contribution is -0.128. The molecule has 0 aliphatic carbocycles. The highest BCUT2D eigenvalue weighted by Crippen LogP contribution is 2.29. The van der Waals surface area contributed by atoms with Gasteiger partial charge in [-0.3, -0.25) is 9.78 Å². The maximum atomic E-state index is 12.4. The zero-order valence-electron chi connectivity index (χ0n) is 13.9. The van der Waals surface area contributed by atoms with E-state index in [1.165, 1.54) is 5.56 Å². The minimum Gasteiger partial charge on any atom is -0.339 e. The number of benzene rings is 1. The Balaban J connectivity index is 1.48. The molecule has 0 saturated carbocycles. The smallest absolute Gasteiger partial charge is 0.232 e. The highest BCUT2D eigenvalue weighted by Gasteiger charge is 2.34. The standard InChI is InChI=1S/C19H18N4O2/c1-13-4-2-5-14(8-13)11-23-12-16(9-17(23)24)19-21-18(22-25-19)15-6-3-7-20-10-15/h2-8,10,16H,9,11-12H2,1H3. The average molecular weight is 334 g/mol. The SMILES string of the molecule is Cc1cccc(CN2CC(c3nc(-c4cccnc4)no3)CC2=O)c1. The Labute approximate surface area is 145 Å². The van der Waals surface area contributed by atoms with Gasteiger partial charge in [0.2, 0.25) is 17.6 Å². The van der Waals surface area contributed by atoms with Crippen molar-refractivity contribution in [3.63, 3.8) is 0 Å². The van der Waals surface area contributed by atoms with E-state index >= 15 is 0 Å². The summed E-state index contributed by atoms with van der Waals surface area (Å²) < 4.78 is 5.40. The molecule has 2 aromatic heterocycles. The van der Waals surface area contributed by atoms with Gasteiger partial charge in [0.05, 0.1) is 5.92 Å². The summed E-state index contributed by atoms with van der Waals surface area (Å²) in [6.07, 6.45) is 3.79. The fraction of sp³-hybridized carbons (Fsp3) is 0.263. The number of pyridine rings is 1. The van der Waals surface area contributed by atoms with Gasteiger partial charge in [-0.2, -0.15) is 4.98 Å². The van der Waals surface area contributed by atoms with E-state index in [0.717, 1.165) is 11.1 Å². The van der Waals surface area contributed by atoms with Crippen LogP contribution in [0.2, 0.25) is 0 Å². The molecule has 1 saturated heterocycles. The van der Waals surface area contributed by atoms with Gasteiger partial charge < -0.3 is 9.42 Å². The molecule has 0 radical (unpaired) electrons. The van der Waals surface area contributed by atoms with Crippen LogP contribution in [0.4, 0.5) is 0 Å². The van der Waals surface area contributed by atoms with E-state index in [4.69, 9.17) is 4.52 Å². The van der Waals surface area contributed by atoms with Crippen molar-refractivity contribution < 1.29 is 9.32 Å². The van der Waals surface area contributed by atoms with Gasteiger partial charge in [0.15, 0.2) is 0 Å². The lowest BCUT2D eigenvalue weighted by Gasteiger charge is -2.16. The van der Waals surface area contributed by atoms with Crippen LogP contribution in [0.1, 0.15) is 29.4 Å². The number of hydrogen-bond donors (Lipinski definition) is 0. The van der Waals surface area contributed by atoms with Gasteiger partial charge in [-0.15, -0.1) is 0 Å². The fourth-order valence-electron chi connectivity index (χ4n) is 3.13. The summed E-state index contributed by atoms with van der Waals surface area (Å²) in [7, 11) is 0. The maximum absolute atomic E-state index is 12.4. The van der Waals surface area contributed by atoms with Gasteiger partial charge in [0.1, 0.15) is 0 Å². The number of aryl methyl sites for hydroxylation is 1. The van der Waals surface area contributed by atoms with Gasteiger partial charge >= 0.3 is 0 Å². The predicted molar refractivity (Wildman–Crippen MR) is 91.5 cm³/mol. The van der Waals surface area contributed by atoms with Gasteiger partial charge in [-0.1, -0.05) is 35.0 Å². The summed E-state index contributed by atoms with van der Waals surface area (Å²) in [4.78, 5) is 22.7. The third kappa shape index (κ3) is 3.28. The first-order valence-electron chi connectivity index (χ1n) is 8.26. The monoisotopic (exact) mass is 334 g/mol. The van der Waals surface area contributed by atoms with Crippen molar-refractivity contribution in [2.24, 2.45) is 0 Å². The highest BCUT2D eigenvalue weighted by molar-refractivity contribution is 5.79. The summed E-state index contributed by atoms with van der Waals surface area (Å²) in [6, 6.07) is 11.9. The molecule has 3 heterocycles. The van der Waals surface area contributed by atoms with Gasteiger partial charge in [-0.25, -0.2) is 0 Å². The Hall–Kier alpha value is -3.02. The van der Waals surface area contributed by atoms with Gasteiger partial charge in [0, 0.05) is 37.5 Å². The first kappa shape index (κ1) is 15.5. The molecule has 1 aliphatic rings. The third-order valence-corrected chi connectivity index (χ3v) is 4.38. The number of likely N-dealkylation sites (tertiary alicyclic amines) is 1. The molecule has 25 heavy (non-hydrogen) atoms. The second kappa shape index (κ2) is 6.47. The van der Waals surface area contributed by atoms with Crippen molar-refractivity contribution in [2.45, 2.75) is 25.8 Å². The first-order valence-corrected chi connectivity index (χ1v) is 8.26. The van der Waals surface area contributed by atoms with Crippen LogP contribution < -0.4 is 0 Å². The molecular weight excluding hydrogens is 316 g/mol. The van der Waals surface area contributed by atoms with Crippen molar-refractivity contribution in [3.05, 3.63) is 65.8 Å². The molecule has 6 heteroatoms. The summed E-state index contributed by atoms with van der Waals surface area (Å²) in [5.41, 5.74) is 3.13. The number of carbonyl (C=O) groups excluding carboxylic acids is 1. The Bertz CT molecular complexity index is 891. The number of rotatable bonds is 4. The minimum absolute atomic E-state index is 0.0600. The number of carbonyl (C=O) groups is 1. The van der Waals surface area contributed by atoms with Crippen molar-refractivity contribution >= 4 is 5.91 Å². The molecule has 1 fully saturated rings. The number of aromatic nitrogens is 3. The zero-order valence-corrected chi connectivity index (χ0v) is 13.9. The number of nitrogens with zero attached hydrogens (tertiary/aromatic N) is 4. The van der Waals surface area contributed by atoms with Crippen LogP contribution in [0.3, 0.4) is 0 Å². The Kier molecular flexibility index (Phi) is 4.01. The van der Waals surface area contributed by atoms with Crippen LogP contribution in [-0.4, -0.2) is 32.5 Å². The maximum Gasteiger partial charge on any atom is 0.232 e. The second-order valence-corrected chi connectivity index (χ2v) is 6.36. The van der Waals surface area contributed by atoms with Crippen molar-refractivity contribution in [2.75, 3.05) is 6.54 Å². The van der Waals surface area contributed by atoms with E-state index in [0.29, 0.717) is 31.2 Å². The summed E-state index contributed by atoms with van der Waals surface area (Å²) in [6.45, 7) is 3.26. The van der Waals surface area contributed by atoms with E-state index in [9.17, 15) is 4.79 Å². The lowest BCUT2D eigenvalue weighted by atomic mass is 10.1. The molecular formula is C19H18N4O2. The molecule has 1 unspecified atom stereocenters. The molecule has 4 rings (SSSR count). The highest BCUT2D eigenvalue weighted by atomic mass is 16.5. The Morgan fingerprint density at radius 1 is 1.28 bits per heavy atom. The van der Waals surface area contributed by atoms with Gasteiger partial charge in [0.25, 0.3) is 0 Å². The van der Waals surface area contributed by atoms with Crippen LogP contribution in [-0.2, 0) is 11.3 Å². The quantitative estimate of drug-likeness (QED) is 0.733. The van der Waals surface area contributed by atoms with E-state index in [-0.39, 0.29) is 11.8 Å². The van der Waals surface area contributed by atoms with Crippen LogP contribution in [0.15, 0.2) is 53.3 Å². The van der Waals surface area contributed by atoms with E-state index in [1.807, 2.05) is 29.2 Å². The number of hydrogen-bond acceptors (Lipinski definition) is 5. The first-order chi connectivity index (χ1) is 12.2. The normalized spacial score (nSPS) is 17.2. The van der Waals surface area contributed by atoms with Crippen molar-refractivity contribution in [1.29, 1.82) is 0 Å². The van der Waals surface area contributed by atoms with E-state index in [1.54, 1.807) is 12.4 Å². The number of amides is 1. The van der Waals surface area contributed by atoms with Crippen molar-refractivity contribution in [1.82, 2.24) is 20.0 Å². The lowest BCUT2D eigenvalue weighted by Crippen LogP contribution is -2.24. The summed E-state index contributed by atoms with van der Waals surface area (Å²) in [5, 5.41) is 4.02. The van der Waals surface area contributed by atoms with Crippen LogP contribution in [0.25, 0.3) is 11.4 Å². The molecule has 1 amide bonds. The largest absolute Gasteiger partial charge is 0.339 e. The molecule has 1 aromatic carbocycles. The second-order valence-electron chi connectivity index (χ2n) is 6.36. The van der Waals surface area contributed by atoms with Crippen molar-refractivity contribution in [3.8, 4) is 11.4 Å². The van der Waals surface area contributed by atoms with E-state index < -0.39 is 0 Å². The fourth-order valence-corrected chi connectivity index (χ4v) is 3.13. The molecule has 1 aliphatic heterocycles. The zero-order chi connectivity index (χ0) is 17.2. The summed E-state index contributed by atoms with van der Waals surface area (Å²) >= 11 is 0. The molecule has 0 spiro atoms. The molecule has 0 N–H and O–H groups in total. The molecule has 0 bridgehead atoms. The summed E-state index contributed by atoms with van der Waals surface area (Å²) in [5.74, 6) is 1.08. The Morgan fingerprint density at radius 2 is 2.20 bits per heavy atom. The van der Waals surface area contributed by atoms with Crippen LogP contribution >= 0.6 is 0 Å². The van der Waals surface area contributed by atoms with Crippen LogP contribution in [0.5, 0.6) is 0 Å². The molecule has 126 valence electrons. The molecule has 3 aromatic rings. The van der Waals surface area contributed by atoms with E-state index in [2.05, 4.69) is 34.2 Å². The topological polar surface area (TPSA) is 72.1 Å². The average Bonchev–Trinajstić information content (AvgIpc) is 3.23. The minimum atomic E-state index is -0.0600. The molecule has 1 atom stereocenters. The predicted octanol–water partition coefficient (Wildman–Crippen LogP) is 2.96. The van der Waals surface area contributed by atoms with Gasteiger partial charge in [-0.05, 0) is 24.6 Å².